The number of benzene rings is 1. The third kappa shape index (κ3) is 5.01. The Labute approximate surface area is 98.6 Å². The molecule has 0 spiro atoms. The molecular formula is C13H18O2Si. The van der Waals surface area contributed by atoms with Gasteiger partial charge < -0.3 is 9.47 Å². The molecule has 3 heteroatoms. The molecule has 86 valence electrons. The average Bonchev–Trinajstić information content (AvgIpc) is 2.24. The first-order chi connectivity index (χ1) is 7.51. The van der Waals surface area contributed by atoms with Crippen LogP contribution in [0.25, 0.3) is 0 Å². The summed E-state index contributed by atoms with van der Waals surface area (Å²) in [7, 11) is 0.318. The van der Waals surface area contributed by atoms with E-state index in [4.69, 9.17) is 9.47 Å². The Morgan fingerprint density at radius 1 is 1.12 bits per heavy atom. The Morgan fingerprint density at radius 2 is 1.75 bits per heavy atom. The Bertz CT molecular complexity index is 379. The summed E-state index contributed by atoms with van der Waals surface area (Å²) in [6, 6.07) is 7.76. The molecule has 2 nitrogen and oxygen atoms in total. The van der Waals surface area contributed by atoms with Crippen molar-refractivity contribution in [2.24, 2.45) is 0 Å². The molecule has 1 aromatic rings. The van der Waals surface area contributed by atoms with Gasteiger partial charge in [0.15, 0.2) is 6.79 Å². The van der Waals surface area contributed by atoms with Gasteiger partial charge in [0.25, 0.3) is 0 Å². The monoisotopic (exact) mass is 234 g/mol. The van der Waals surface area contributed by atoms with Crippen molar-refractivity contribution in [1.82, 2.24) is 0 Å². The maximum absolute atomic E-state index is 5.29. The Balaban J connectivity index is 2.67. The van der Waals surface area contributed by atoms with Gasteiger partial charge in [0, 0.05) is 12.7 Å². The molecule has 16 heavy (non-hydrogen) atoms. The van der Waals surface area contributed by atoms with Crippen molar-refractivity contribution in [2.75, 3.05) is 13.9 Å². The smallest absolute Gasteiger partial charge is 0.188 e. The number of hydrogen-bond donors (Lipinski definition) is 0. The fraction of sp³-hybridized carbons (Fsp3) is 0.385. The molecule has 0 aliphatic carbocycles. The van der Waals surface area contributed by atoms with Crippen LogP contribution >= 0.6 is 0 Å². The molecule has 0 fully saturated rings. The summed E-state index contributed by atoms with van der Waals surface area (Å²) >= 11 is 0. The lowest BCUT2D eigenvalue weighted by atomic mass is 10.2. The summed E-state index contributed by atoms with van der Waals surface area (Å²) in [6.07, 6.45) is 0. The SMILES string of the molecule is COCOc1ccc(C#C[Si](C)(C)C)cc1. The highest BCUT2D eigenvalue weighted by atomic mass is 28.3. The second kappa shape index (κ2) is 5.74. The van der Waals surface area contributed by atoms with E-state index >= 15 is 0 Å². The van der Waals surface area contributed by atoms with Crippen molar-refractivity contribution in [1.29, 1.82) is 0 Å². The molecule has 0 aliphatic heterocycles. The zero-order chi connectivity index (χ0) is 12.0. The standard InChI is InChI=1S/C13H18O2Si/c1-14-11-15-13-7-5-12(6-8-13)9-10-16(2,3)4/h5-8H,11H2,1-4H3. The minimum atomic E-state index is -1.29. The molecule has 0 atom stereocenters. The van der Waals surface area contributed by atoms with Gasteiger partial charge in [-0.05, 0) is 24.3 Å². The van der Waals surface area contributed by atoms with E-state index in [-0.39, 0.29) is 6.79 Å². The maximum Gasteiger partial charge on any atom is 0.188 e. The first-order valence-corrected chi connectivity index (χ1v) is 8.76. The third-order valence-corrected chi connectivity index (χ3v) is 2.65. The zero-order valence-corrected chi connectivity index (χ0v) is 11.3. The second-order valence-electron chi connectivity index (χ2n) is 4.58. The summed E-state index contributed by atoms with van der Waals surface area (Å²) in [5.74, 6) is 4.00. The predicted molar refractivity (Wildman–Crippen MR) is 69.2 cm³/mol. The van der Waals surface area contributed by atoms with Crippen LogP contribution < -0.4 is 4.74 Å². The van der Waals surface area contributed by atoms with Gasteiger partial charge in [-0.25, -0.2) is 0 Å². The fourth-order valence-electron chi connectivity index (χ4n) is 1.02. The molecule has 1 aromatic carbocycles. The van der Waals surface area contributed by atoms with Gasteiger partial charge in [0.05, 0.1) is 0 Å². The molecule has 0 aliphatic rings. The second-order valence-corrected chi connectivity index (χ2v) is 9.33. The minimum Gasteiger partial charge on any atom is -0.468 e. The molecule has 0 amide bonds. The fourth-order valence-corrected chi connectivity index (χ4v) is 1.54. The highest BCUT2D eigenvalue weighted by Gasteiger charge is 2.07. The van der Waals surface area contributed by atoms with Crippen molar-refractivity contribution >= 4 is 8.07 Å². The number of methoxy groups -OCH3 is 1. The lowest BCUT2D eigenvalue weighted by Gasteiger charge is -2.05. The summed E-state index contributed by atoms with van der Waals surface area (Å²) in [6.45, 7) is 6.97. The highest BCUT2D eigenvalue weighted by Crippen LogP contribution is 2.11. The minimum absolute atomic E-state index is 0.278. The lowest BCUT2D eigenvalue weighted by molar-refractivity contribution is 0.0511. The highest BCUT2D eigenvalue weighted by molar-refractivity contribution is 6.83. The van der Waals surface area contributed by atoms with Crippen molar-refractivity contribution in [2.45, 2.75) is 19.6 Å². The summed E-state index contributed by atoms with van der Waals surface area (Å²) in [5, 5.41) is 0. The van der Waals surface area contributed by atoms with Crippen molar-refractivity contribution in [3.63, 3.8) is 0 Å². The van der Waals surface area contributed by atoms with Crippen LogP contribution in [0, 0.1) is 11.5 Å². The van der Waals surface area contributed by atoms with Gasteiger partial charge in [-0.3, -0.25) is 0 Å². The average molecular weight is 234 g/mol. The Kier molecular flexibility index (Phi) is 4.60. The van der Waals surface area contributed by atoms with E-state index in [2.05, 4.69) is 31.1 Å². The van der Waals surface area contributed by atoms with Crippen LogP contribution in [0.4, 0.5) is 0 Å². The van der Waals surface area contributed by atoms with Crippen LogP contribution in [0.3, 0.4) is 0 Å². The van der Waals surface area contributed by atoms with Gasteiger partial charge in [-0.2, -0.15) is 0 Å². The van der Waals surface area contributed by atoms with Crippen LogP contribution in [0.2, 0.25) is 19.6 Å². The van der Waals surface area contributed by atoms with E-state index in [1.807, 2.05) is 24.3 Å². The first-order valence-electron chi connectivity index (χ1n) is 5.26. The van der Waals surface area contributed by atoms with E-state index in [1.54, 1.807) is 7.11 Å². The van der Waals surface area contributed by atoms with Gasteiger partial charge in [-0.15, -0.1) is 5.54 Å². The molecule has 0 aromatic heterocycles. The molecule has 0 saturated heterocycles. The van der Waals surface area contributed by atoms with Crippen molar-refractivity contribution in [3.05, 3.63) is 29.8 Å². The van der Waals surface area contributed by atoms with Gasteiger partial charge in [-0.1, -0.05) is 25.6 Å². The maximum atomic E-state index is 5.29. The molecule has 0 unspecified atom stereocenters. The summed E-state index contributed by atoms with van der Waals surface area (Å²) in [4.78, 5) is 0. The normalized spacial score (nSPS) is 10.5. The van der Waals surface area contributed by atoms with Crippen LogP contribution in [0.15, 0.2) is 24.3 Å². The summed E-state index contributed by atoms with van der Waals surface area (Å²) in [5.41, 5.74) is 4.36. The Hall–Kier alpha value is -1.24. The van der Waals surface area contributed by atoms with E-state index in [1.165, 1.54) is 0 Å². The molecule has 0 heterocycles. The quantitative estimate of drug-likeness (QED) is 0.455. The van der Waals surface area contributed by atoms with Crippen molar-refractivity contribution in [3.8, 4) is 17.2 Å². The van der Waals surface area contributed by atoms with Crippen LogP contribution in [-0.4, -0.2) is 22.0 Å². The topological polar surface area (TPSA) is 18.5 Å². The first kappa shape index (κ1) is 12.8. The predicted octanol–water partition coefficient (Wildman–Crippen LogP) is 2.90. The largest absolute Gasteiger partial charge is 0.468 e. The number of hydrogen-bond acceptors (Lipinski definition) is 2. The Morgan fingerprint density at radius 3 is 2.25 bits per heavy atom. The van der Waals surface area contributed by atoms with E-state index in [0.29, 0.717) is 0 Å². The molecule has 0 radical (unpaired) electrons. The molecular weight excluding hydrogens is 216 g/mol. The van der Waals surface area contributed by atoms with E-state index in [9.17, 15) is 0 Å². The van der Waals surface area contributed by atoms with Crippen molar-refractivity contribution < 1.29 is 9.47 Å². The number of rotatable bonds is 3. The zero-order valence-electron chi connectivity index (χ0n) is 10.3. The molecule has 0 saturated carbocycles. The number of ether oxygens (including phenoxy) is 2. The van der Waals surface area contributed by atoms with Crippen LogP contribution in [-0.2, 0) is 4.74 Å². The third-order valence-electron chi connectivity index (χ3n) is 1.78. The molecule has 0 bridgehead atoms. The van der Waals surface area contributed by atoms with E-state index in [0.717, 1.165) is 11.3 Å². The van der Waals surface area contributed by atoms with Crippen LogP contribution in [0.5, 0.6) is 5.75 Å². The van der Waals surface area contributed by atoms with Gasteiger partial charge >= 0.3 is 0 Å². The van der Waals surface area contributed by atoms with E-state index < -0.39 is 8.07 Å². The van der Waals surface area contributed by atoms with Crippen LogP contribution in [0.1, 0.15) is 5.56 Å². The summed E-state index contributed by atoms with van der Waals surface area (Å²) < 4.78 is 10.1. The molecule has 1 rings (SSSR count). The molecule has 0 N–H and O–H groups in total. The van der Waals surface area contributed by atoms with Gasteiger partial charge in [0.1, 0.15) is 13.8 Å². The lowest BCUT2D eigenvalue weighted by Crippen LogP contribution is -2.16. The van der Waals surface area contributed by atoms with Gasteiger partial charge in [0.2, 0.25) is 0 Å².